The normalized spacial score (nSPS) is 12.2. The van der Waals surface area contributed by atoms with Crippen molar-refractivity contribution in [1.82, 2.24) is 5.32 Å². The summed E-state index contributed by atoms with van der Waals surface area (Å²) in [4.78, 5) is 36.6. The van der Waals surface area contributed by atoms with Gasteiger partial charge in [-0.1, -0.05) is 43.7 Å². The maximum Gasteiger partial charge on any atom is 0.339 e. The minimum Gasteiger partial charge on any atom is -0.480 e. The van der Waals surface area contributed by atoms with Crippen LogP contribution in [0.25, 0.3) is 33.1 Å². The highest BCUT2D eigenvalue weighted by Crippen LogP contribution is 2.39. The average molecular weight is 476 g/mol. The zero-order chi connectivity index (χ0) is 25.3. The Bertz CT molecular complexity index is 1480. The van der Waals surface area contributed by atoms with E-state index >= 15 is 0 Å². The van der Waals surface area contributed by atoms with Crippen LogP contribution in [0.15, 0.2) is 50.0 Å². The minimum atomic E-state index is -1.06. The van der Waals surface area contributed by atoms with Gasteiger partial charge in [0.2, 0.25) is 5.91 Å². The van der Waals surface area contributed by atoms with E-state index < -0.39 is 23.5 Å². The molecular weight excluding hydrogens is 446 g/mol. The zero-order valence-corrected chi connectivity index (χ0v) is 20.4. The predicted molar refractivity (Wildman–Crippen MR) is 135 cm³/mol. The molecule has 0 aliphatic carbocycles. The number of hydrogen-bond donors (Lipinski definition) is 2. The summed E-state index contributed by atoms with van der Waals surface area (Å²) < 4.78 is 11.8. The van der Waals surface area contributed by atoms with E-state index in [2.05, 4.69) is 5.32 Å². The molecule has 1 amide bonds. The van der Waals surface area contributed by atoms with E-state index in [9.17, 15) is 19.5 Å². The number of carbonyl (C=O) groups is 2. The van der Waals surface area contributed by atoms with Gasteiger partial charge in [-0.3, -0.25) is 4.79 Å². The highest BCUT2D eigenvalue weighted by molar-refractivity contribution is 6.05. The van der Waals surface area contributed by atoms with E-state index in [0.29, 0.717) is 29.6 Å². The average Bonchev–Trinajstić information content (AvgIpc) is 3.16. The lowest BCUT2D eigenvalue weighted by Crippen LogP contribution is -2.40. The number of aliphatic carboxylic acids is 1. The second kappa shape index (κ2) is 9.78. The fourth-order valence-corrected chi connectivity index (χ4v) is 4.68. The fourth-order valence-electron chi connectivity index (χ4n) is 4.68. The Morgan fingerprint density at radius 3 is 2.34 bits per heavy atom. The Morgan fingerprint density at radius 2 is 1.69 bits per heavy atom. The molecule has 2 aromatic carbocycles. The van der Waals surface area contributed by atoms with Gasteiger partial charge in [0.25, 0.3) is 0 Å². The molecule has 182 valence electrons. The third-order valence-electron chi connectivity index (χ3n) is 6.51. The lowest BCUT2D eigenvalue weighted by Gasteiger charge is -2.14. The van der Waals surface area contributed by atoms with Crippen molar-refractivity contribution in [2.45, 2.75) is 59.4 Å². The van der Waals surface area contributed by atoms with Gasteiger partial charge in [0, 0.05) is 33.9 Å². The molecule has 0 aliphatic heterocycles. The molecule has 0 bridgehead atoms. The van der Waals surface area contributed by atoms with Crippen molar-refractivity contribution < 1.29 is 23.5 Å². The van der Waals surface area contributed by atoms with Crippen LogP contribution < -0.4 is 10.9 Å². The molecule has 0 saturated carbocycles. The first kappa shape index (κ1) is 24.3. The highest BCUT2D eigenvalue weighted by atomic mass is 16.4. The lowest BCUT2D eigenvalue weighted by molar-refractivity contribution is -0.142. The molecule has 2 aromatic heterocycles. The number of hydrogen-bond acceptors (Lipinski definition) is 5. The van der Waals surface area contributed by atoms with Gasteiger partial charge < -0.3 is 19.3 Å². The third kappa shape index (κ3) is 4.58. The van der Waals surface area contributed by atoms with Crippen LogP contribution in [0.1, 0.15) is 48.6 Å². The monoisotopic (exact) mass is 475 g/mol. The molecule has 2 N–H and O–H groups in total. The topological polar surface area (TPSA) is 110 Å². The van der Waals surface area contributed by atoms with Crippen LogP contribution in [-0.4, -0.2) is 23.0 Å². The number of amides is 1. The molecule has 1 atom stereocenters. The van der Waals surface area contributed by atoms with Gasteiger partial charge in [-0.05, 0) is 50.8 Å². The van der Waals surface area contributed by atoms with Crippen LogP contribution in [0.5, 0.6) is 0 Å². The molecule has 4 aromatic rings. The summed E-state index contributed by atoms with van der Waals surface area (Å²) in [6, 6.07) is 11.0. The lowest BCUT2D eigenvalue weighted by atomic mass is 9.96. The number of nitrogens with one attached hydrogen (secondary N) is 1. The predicted octanol–water partition coefficient (Wildman–Crippen LogP) is 5.43. The Labute approximate surface area is 202 Å². The SMILES string of the molecule is CCCC(NC(=O)CCc1c(C)c2cc3c(-c4ccccc4)c(C)oc3c(C)c2oc1=O)C(=O)O. The fraction of sp³-hybridized carbons (Fsp3) is 0.321. The molecule has 0 spiro atoms. The van der Waals surface area contributed by atoms with Gasteiger partial charge in [-0.2, -0.15) is 0 Å². The molecule has 7 nitrogen and oxygen atoms in total. The molecule has 0 aliphatic rings. The van der Waals surface area contributed by atoms with E-state index in [1.807, 2.05) is 64.1 Å². The number of carbonyl (C=O) groups excluding carboxylic acids is 1. The second-order valence-electron chi connectivity index (χ2n) is 8.89. The van der Waals surface area contributed by atoms with Crippen molar-refractivity contribution in [2.75, 3.05) is 0 Å². The number of furan rings is 1. The standard InChI is InChI=1S/C28H29NO6/c1-5-9-22(27(31)32)29-23(30)13-12-19-15(2)20-14-21-24(18-10-7-6-8-11-18)17(4)34-26(21)16(3)25(20)35-28(19)33/h6-8,10-11,14,22H,5,9,12-13H2,1-4H3,(H,29,30)(H,31,32). The van der Waals surface area contributed by atoms with Crippen LogP contribution in [0.2, 0.25) is 0 Å². The van der Waals surface area contributed by atoms with Crippen molar-refractivity contribution in [3.05, 3.63) is 69.3 Å². The maximum atomic E-state index is 12.9. The van der Waals surface area contributed by atoms with E-state index in [4.69, 9.17) is 8.83 Å². The Balaban J connectivity index is 1.74. The third-order valence-corrected chi connectivity index (χ3v) is 6.51. The first-order chi connectivity index (χ1) is 16.7. The molecule has 0 saturated heterocycles. The summed E-state index contributed by atoms with van der Waals surface area (Å²) in [7, 11) is 0. The molecule has 1 unspecified atom stereocenters. The van der Waals surface area contributed by atoms with Crippen molar-refractivity contribution in [3.8, 4) is 11.1 Å². The number of fused-ring (bicyclic) bond motifs is 2. The maximum absolute atomic E-state index is 12.9. The van der Waals surface area contributed by atoms with E-state index in [0.717, 1.165) is 38.8 Å². The quantitative estimate of drug-likeness (QED) is 0.329. The van der Waals surface area contributed by atoms with Crippen LogP contribution >= 0.6 is 0 Å². The minimum absolute atomic E-state index is 0.00802. The molecule has 35 heavy (non-hydrogen) atoms. The van der Waals surface area contributed by atoms with Crippen molar-refractivity contribution >= 4 is 33.8 Å². The largest absolute Gasteiger partial charge is 0.480 e. The number of aryl methyl sites for hydroxylation is 3. The summed E-state index contributed by atoms with van der Waals surface area (Å²) in [6.45, 7) is 7.50. The molecule has 0 fully saturated rings. The molecule has 2 heterocycles. The van der Waals surface area contributed by atoms with Gasteiger partial charge in [-0.15, -0.1) is 0 Å². The van der Waals surface area contributed by atoms with Crippen LogP contribution in [0.3, 0.4) is 0 Å². The second-order valence-corrected chi connectivity index (χ2v) is 8.89. The number of carboxylic acids is 1. The van der Waals surface area contributed by atoms with Gasteiger partial charge in [0.15, 0.2) is 0 Å². The van der Waals surface area contributed by atoms with E-state index in [1.165, 1.54) is 0 Å². The van der Waals surface area contributed by atoms with E-state index in [-0.39, 0.29) is 12.8 Å². The Hall–Kier alpha value is -3.87. The Kier molecular flexibility index (Phi) is 6.78. The summed E-state index contributed by atoms with van der Waals surface area (Å²) in [5.41, 5.74) is 4.58. The molecule has 4 rings (SSSR count). The number of carboxylic acid groups (broad SMARTS) is 1. The summed E-state index contributed by atoms with van der Waals surface area (Å²) in [5.74, 6) is -0.694. The number of rotatable bonds is 8. The van der Waals surface area contributed by atoms with Crippen molar-refractivity contribution in [3.63, 3.8) is 0 Å². The molecular formula is C28H29NO6. The summed E-state index contributed by atoms with van der Waals surface area (Å²) >= 11 is 0. The molecule has 0 radical (unpaired) electrons. The highest BCUT2D eigenvalue weighted by Gasteiger charge is 2.22. The summed E-state index contributed by atoms with van der Waals surface area (Å²) in [6.07, 6.45) is 1.13. The van der Waals surface area contributed by atoms with Gasteiger partial charge in [-0.25, -0.2) is 9.59 Å². The molecule has 7 heteroatoms. The van der Waals surface area contributed by atoms with Gasteiger partial charge >= 0.3 is 11.6 Å². The van der Waals surface area contributed by atoms with E-state index in [1.54, 1.807) is 0 Å². The first-order valence-corrected chi connectivity index (χ1v) is 11.8. The number of benzene rings is 2. The smallest absolute Gasteiger partial charge is 0.339 e. The van der Waals surface area contributed by atoms with Crippen LogP contribution in [-0.2, 0) is 16.0 Å². The van der Waals surface area contributed by atoms with Gasteiger partial charge in [0.05, 0.1) is 0 Å². The van der Waals surface area contributed by atoms with Crippen molar-refractivity contribution in [1.29, 1.82) is 0 Å². The first-order valence-electron chi connectivity index (χ1n) is 11.8. The summed E-state index contributed by atoms with van der Waals surface area (Å²) in [5, 5.41) is 13.5. The zero-order valence-electron chi connectivity index (χ0n) is 20.4. The van der Waals surface area contributed by atoms with Crippen molar-refractivity contribution in [2.24, 2.45) is 0 Å². The van der Waals surface area contributed by atoms with Crippen LogP contribution in [0.4, 0.5) is 0 Å². The van der Waals surface area contributed by atoms with Gasteiger partial charge in [0.1, 0.15) is 23.0 Å². The Morgan fingerprint density at radius 1 is 1.00 bits per heavy atom. The van der Waals surface area contributed by atoms with Crippen LogP contribution in [0, 0.1) is 20.8 Å².